The molecule has 0 spiro atoms. The first kappa shape index (κ1) is 20.9. The Morgan fingerprint density at radius 3 is 2.47 bits per heavy atom. The Morgan fingerprint density at radius 1 is 0.906 bits per heavy atom. The Hall–Kier alpha value is -2.96. The van der Waals surface area contributed by atoms with E-state index in [1.807, 2.05) is 68.6 Å². The fourth-order valence-electron chi connectivity index (χ4n) is 3.83. The van der Waals surface area contributed by atoms with Crippen molar-refractivity contribution in [2.24, 2.45) is 4.99 Å². The zero-order chi connectivity index (χ0) is 22.1. The summed E-state index contributed by atoms with van der Waals surface area (Å²) in [5.74, 6) is -0.0128. The lowest BCUT2D eigenvalue weighted by Gasteiger charge is -2.17. The first-order valence-corrected chi connectivity index (χ1v) is 12.2. The number of carbonyl (C=O) groups excluding carboxylic acids is 1. The zero-order valence-electron chi connectivity index (χ0n) is 18.0. The molecule has 2 aliphatic heterocycles. The minimum Gasteiger partial charge on any atom is -0.337 e. The van der Waals surface area contributed by atoms with Crippen molar-refractivity contribution in [3.63, 3.8) is 0 Å². The van der Waals surface area contributed by atoms with E-state index in [4.69, 9.17) is 4.99 Å². The average molecular weight is 458 g/mol. The molecule has 2 aliphatic rings. The van der Waals surface area contributed by atoms with Gasteiger partial charge in [0.1, 0.15) is 4.91 Å². The minimum atomic E-state index is -0.0128. The third-order valence-electron chi connectivity index (χ3n) is 5.46. The SMILES string of the molecule is Cc1cccc(N2C(=O)C(=C3Sc4ccccc4N3C)SC2=NCCc2ccccc2)c1. The zero-order valence-corrected chi connectivity index (χ0v) is 19.6. The summed E-state index contributed by atoms with van der Waals surface area (Å²) in [6.45, 7) is 2.67. The second kappa shape index (κ2) is 8.88. The summed E-state index contributed by atoms with van der Waals surface area (Å²) in [4.78, 5) is 24.3. The molecule has 1 fully saturated rings. The smallest absolute Gasteiger partial charge is 0.274 e. The summed E-state index contributed by atoms with van der Waals surface area (Å²) in [5, 5.41) is 1.70. The number of hydrogen-bond acceptors (Lipinski definition) is 5. The molecule has 2 heterocycles. The number of aryl methyl sites for hydroxylation is 1. The number of aliphatic imine (C=N–C) groups is 1. The predicted molar refractivity (Wildman–Crippen MR) is 136 cm³/mol. The number of carbonyl (C=O) groups is 1. The van der Waals surface area contributed by atoms with Gasteiger partial charge in [-0.2, -0.15) is 0 Å². The van der Waals surface area contributed by atoms with Gasteiger partial charge in [0.2, 0.25) is 0 Å². The molecule has 160 valence electrons. The van der Waals surface area contributed by atoms with E-state index in [-0.39, 0.29) is 5.91 Å². The van der Waals surface area contributed by atoms with E-state index in [0.717, 1.165) is 38.5 Å². The average Bonchev–Trinajstić information content (AvgIpc) is 3.31. The van der Waals surface area contributed by atoms with Crippen LogP contribution in [-0.2, 0) is 11.2 Å². The highest BCUT2D eigenvalue weighted by Gasteiger charge is 2.39. The summed E-state index contributed by atoms with van der Waals surface area (Å²) >= 11 is 3.13. The number of rotatable bonds is 4. The molecule has 4 nitrogen and oxygen atoms in total. The highest BCUT2D eigenvalue weighted by molar-refractivity contribution is 8.20. The highest BCUT2D eigenvalue weighted by Crippen LogP contribution is 2.50. The van der Waals surface area contributed by atoms with Crippen LogP contribution in [0.5, 0.6) is 0 Å². The van der Waals surface area contributed by atoms with Crippen molar-refractivity contribution >= 4 is 46.0 Å². The van der Waals surface area contributed by atoms with Crippen molar-refractivity contribution in [2.45, 2.75) is 18.2 Å². The second-order valence-electron chi connectivity index (χ2n) is 7.74. The van der Waals surface area contributed by atoms with Crippen molar-refractivity contribution in [1.82, 2.24) is 0 Å². The molecule has 0 unspecified atom stereocenters. The van der Waals surface area contributed by atoms with Crippen LogP contribution in [0.4, 0.5) is 11.4 Å². The molecule has 3 aromatic rings. The molecule has 5 rings (SSSR count). The number of anilines is 2. The summed E-state index contributed by atoms with van der Waals surface area (Å²) in [6, 6.07) is 26.6. The van der Waals surface area contributed by atoms with Gasteiger partial charge >= 0.3 is 0 Å². The van der Waals surface area contributed by atoms with Gasteiger partial charge in [-0.25, -0.2) is 0 Å². The molecule has 3 aromatic carbocycles. The first-order valence-electron chi connectivity index (χ1n) is 10.5. The maximum atomic E-state index is 13.7. The molecule has 0 saturated carbocycles. The molecule has 0 aromatic heterocycles. The molecule has 1 amide bonds. The molecule has 1 saturated heterocycles. The van der Waals surface area contributed by atoms with Crippen LogP contribution in [0.15, 0.2) is 98.7 Å². The van der Waals surface area contributed by atoms with E-state index in [0.29, 0.717) is 6.54 Å². The molecule has 0 atom stereocenters. The summed E-state index contributed by atoms with van der Waals surface area (Å²) < 4.78 is 0. The van der Waals surface area contributed by atoms with Gasteiger partial charge < -0.3 is 4.90 Å². The van der Waals surface area contributed by atoms with Gasteiger partial charge in [-0.3, -0.25) is 14.7 Å². The van der Waals surface area contributed by atoms with Crippen LogP contribution in [0.1, 0.15) is 11.1 Å². The Morgan fingerprint density at radius 2 is 1.69 bits per heavy atom. The summed E-state index contributed by atoms with van der Waals surface area (Å²) in [5.41, 5.74) is 4.35. The lowest BCUT2D eigenvalue weighted by molar-refractivity contribution is -0.113. The third kappa shape index (κ3) is 3.96. The van der Waals surface area contributed by atoms with Crippen molar-refractivity contribution in [3.8, 4) is 0 Å². The van der Waals surface area contributed by atoms with Gasteiger partial charge in [0, 0.05) is 18.5 Å². The van der Waals surface area contributed by atoms with E-state index in [1.54, 1.807) is 16.7 Å². The predicted octanol–water partition coefficient (Wildman–Crippen LogP) is 6.08. The van der Waals surface area contributed by atoms with Gasteiger partial charge in [-0.1, -0.05) is 66.4 Å². The lowest BCUT2D eigenvalue weighted by Crippen LogP contribution is -2.29. The number of fused-ring (bicyclic) bond motifs is 1. The van der Waals surface area contributed by atoms with Crippen LogP contribution in [0.25, 0.3) is 0 Å². The molecule has 32 heavy (non-hydrogen) atoms. The maximum Gasteiger partial charge on any atom is 0.274 e. The number of benzene rings is 3. The van der Waals surface area contributed by atoms with Crippen LogP contribution in [-0.4, -0.2) is 24.7 Å². The second-order valence-corrected chi connectivity index (χ2v) is 9.75. The normalized spacial score (nSPS) is 19.2. The standard InChI is InChI=1S/C26H23N3OS2/c1-18-9-8-12-20(17-18)29-24(30)23(25-28(2)21-13-6-7-14-22(21)31-25)32-26(29)27-16-15-19-10-4-3-5-11-19/h3-14,17H,15-16H2,1-2H3. The van der Waals surface area contributed by atoms with E-state index >= 15 is 0 Å². The van der Waals surface area contributed by atoms with Gasteiger partial charge in [-0.05, 0) is 60.5 Å². The number of nitrogens with zero attached hydrogens (tertiary/aromatic N) is 3. The van der Waals surface area contributed by atoms with E-state index in [2.05, 4.69) is 29.2 Å². The van der Waals surface area contributed by atoms with Crippen molar-refractivity contribution in [3.05, 3.63) is 99.9 Å². The third-order valence-corrected chi connectivity index (χ3v) is 7.90. The van der Waals surface area contributed by atoms with Gasteiger partial charge in [0.15, 0.2) is 5.17 Å². The quantitative estimate of drug-likeness (QED) is 0.445. The molecule has 0 bridgehead atoms. The number of amidine groups is 1. The van der Waals surface area contributed by atoms with Crippen LogP contribution in [0, 0.1) is 6.92 Å². The highest BCUT2D eigenvalue weighted by atomic mass is 32.2. The van der Waals surface area contributed by atoms with Crippen molar-refractivity contribution in [2.75, 3.05) is 23.4 Å². The molecule has 6 heteroatoms. The van der Waals surface area contributed by atoms with Crippen LogP contribution in [0.2, 0.25) is 0 Å². The molecular weight excluding hydrogens is 434 g/mol. The lowest BCUT2D eigenvalue weighted by atomic mass is 10.2. The Balaban J connectivity index is 1.50. The first-order chi connectivity index (χ1) is 15.6. The Labute approximate surface area is 197 Å². The Kier molecular flexibility index (Phi) is 5.81. The number of hydrogen-bond donors (Lipinski definition) is 0. The van der Waals surface area contributed by atoms with Crippen LogP contribution in [0.3, 0.4) is 0 Å². The summed E-state index contributed by atoms with van der Waals surface area (Å²) in [7, 11) is 2.02. The van der Waals surface area contributed by atoms with Crippen LogP contribution < -0.4 is 9.80 Å². The number of para-hydroxylation sites is 1. The monoisotopic (exact) mass is 457 g/mol. The fraction of sp³-hybridized carbons (Fsp3) is 0.154. The molecule has 0 N–H and O–H groups in total. The minimum absolute atomic E-state index is 0.0128. The molecule has 0 radical (unpaired) electrons. The van der Waals surface area contributed by atoms with Gasteiger partial charge in [0.05, 0.1) is 16.4 Å². The topological polar surface area (TPSA) is 35.9 Å². The van der Waals surface area contributed by atoms with E-state index in [9.17, 15) is 4.79 Å². The van der Waals surface area contributed by atoms with Gasteiger partial charge in [-0.15, -0.1) is 0 Å². The Bertz CT molecular complexity index is 1240. The number of amides is 1. The molecule has 0 aliphatic carbocycles. The summed E-state index contributed by atoms with van der Waals surface area (Å²) in [6.07, 6.45) is 0.840. The van der Waals surface area contributed by atoms with Gasteiger partial charge in [0.25, 0.3) is 5.91 Å². The van der Waals surface area contributed by atoms with Crippen molar-refractivity contribution in [1.29, 1.82) is 0 Å². The van der Waals surface area contributed by atoms with E-state index in [1.165, 1.54) is 22.2 Å². The van der Waals surface area contributed by atoms with E-state index < -0.39 is 0 Å². The molecular formula is C26H23N3OS2. The maximum absolute atomic E-state index is 13.7. The largest absolute Gasteiger partial charge is 0.337 e. The number of thioether (sulfide) groups is 2. The van der Waals surface area contributed by atoms with Crippen molar-refractivity contribution < 1.29 is 4.79 Å². The van der Waals surface area contributed by atoms with Crippen LogP contribution >= 0.6 is 23.5 Å². The fourth-order valence-corrected chi connectivity index (χ4v) is 6.18.